The molecule has 1 aliphatic heterocycles. The average molecular weight is 316 g/mol. The number of rotatable bonds is 1. The van der Waals surface area contributed by atoms with Crippen LogP contribution in [0.5, 0.6) is 0 Å². The Morgan fingerprint density at radius 2 is 1.75 bits per heavy atom. The van der Waals surface area contributed by atoms with Crippen LogP contribution in [0.2, 0.25) is 5.02 Å². The van der Waals surface area contributed by atoms with Crippen LogP contribution < -0.4 is 5.32 Å². The van der Waals surface area contributed by atoms with Gasteiger partial charge in [0.25, 0.3) is 0 Å². The molecule has 0 saturated heterocycles. The standard InChI is InChI=1S/C14H9ClF3NS/c15-10-6-7-12-11(8-10)19-13(20-12,14(16,17)18)9-4-2-1-3-5-9/h1-8,19H/t13-/m0/s1. The Bertz CT molecular complexity index is 645. The summed E-state index contributed by atoms with van der Waals surface area (Å²) in [5.41, 5.74) is 0.577. The van der Waals surface area contributed by atoms with Gasteiger partial charge in [-0.05, 0) is 23.8 Å². The SMILES string of the molecule is FC(F)(F)[C@@]1(c2ccccc2)Nc2cc(Cl)ccc2S1. The number of nitrogens with one attached hydrogen (secondary N) is 1. The first-order valence-electron chi connectivity index (χ1n) is 5.81. The highest BCUT2D eigenvalue weighted by Crippen LogP contribution is 2.58. The Morgan fingerprint density at radius 1 is 1.05 bits per heavy atom. The van der Waals surface area contributed by atoms with E-state index in [0.717, 1.165) is 11.8 Å². The predicted octanol–water partition coefficient (Wildman–Crippen LogP) is 5.27. The van der Waals surface area contributed by atoms with Crippen LogP contribution in [0.3, 0.4) is 0 Å². The maximum Gasteiger partial charge on any atom is 0.425 e. The first-order chi connectivity index (χ1) is 9.42. The molecular formula is C14H9ClF3NS. The number of benzene rings is 2. The lowest BCUT2D eigenvalue weighted by Gasteiger charge is -2.31. The maximum atomic E-state index is 13.7. The van der Waals surface area contributed by atoms with Crippen molar-refractivity contribution < 1.29 is 13.2 Å². The van der Waals surface area contributed by atoms with Crippen LogP contribution in [0, 0.1) is 0 Å². The summed E-state index contributed by atoms with van der Waals surface area (Å²) < 4.78 is 41.0. The van der Waals surface area contributed by atoms with Gasteiger partial charge in [-0.1, -0.05) is 53.7 Å². The molecule has 6 heteroatoms. The van der Waals surface area contributed by atoms with Crippen LogP contribution in [0.4, 0.5) is 18.9 Å². The summed E-state index contributed by atoms with van der Waals surface area (Å²) in [6, 6.07) is 12.5. The van der Waals surface area contributed by atoms with Crippen LogP contribution in [0.25, 0.3) is 0 Å². The molecule has 0 aromatic heterocycles. The van der Waals surface area contributed by atoms with E-state index in [4.69, 9.17) is 11.6 Å². The lowest BCUT2D eigenvalue weighted by Crippen LogP contribution is -2.43. The largest absolute Gasteiger partial charge is 0.425 e. The minimum atomic E-state index is -4.44. The van der Waals surface area contributed by atoms with Crippen molar-refractivity contribution in [3.8, 4) is 0 Å². The molecule has 0 bridgehead atoms. The fourth-order valence-electron chi connectivity index (χ4n) is 2.17. The molecule has 1 heterocycles. The zero-order valence-corrected chi connectivity index (χ0v) is 11.6. The van der Waals surface area contributed by atoms with Gasteiger partial charge in [0.15, 0.2) is 0 Å². The van der Waals surface area contributed by atoms with Crippen molar-refractivity contribution in [2.24, 2.45) is 0 Å². The molecule has 0 fully saturated rings. The first kappa shape index (κ1) is 13.6. The summed E-state index contributed by atoms with van der Waals surface area (Å²) in [4.78, 5) is -1.63. The Kier molecular flexibility index (Phi) is 3.14. The maximum absolute atomic E-state index is 13.7. The molecule has 0 aliphatic carbocycles. The number of fused-ring (bicyclic) bond motifs is 1. The number of halogens is 4. The fourth-order valence-corrected chi connectivity index (χ4v) is 3.55. The number of hydrogen-bond donors (Lipinski definition) is 1. The molecule has 3 rings (SSSR count). The monoisotopic (exact) mass is 315 g/mol. The van der Waals surface area contributed by atoms with Crippen LogP contribution in [-0.2, 0) is 4.87 Å². The minimum absolute atomic E-state index is 0.171. The molecule has 1 N–H and O–H groups in total. The summed E-state index contributed by atoms with van der Waals surface area (Å²) in [6.07, 6.45) is -4.44. The average Bonchev–Trinajstić information content (AvgIpc) is 2.79. The van der Waals surface area contributed by atoms with E-state index in [-0.39, 0.29) is 5.56 Å². The van der Waals surface area contributed by atoms with E-state index < -0.39 is 11.0 Å². The van der Waals surface area contributed by atoms with Crippen molar-refractivity contribution in [1.82, 2.24) is 0 Å². The third-order valence-corrected chi connectivity index (χ3v) is 4.78. The minimum Gasteiger partial charge on any atom is -0.358 e. The summed E-state index contributed by atoms with van der Waals surface area (Å²) in [5.74, 6) is 0. The van der Waals surface area contributed by atoms with E-state index >= 15 is 0 Å². The molecule has 0 radical (unpaired) electrons. The Labute approximate surface area is 123 Å². The molecule has 0 saturated carbocycles. The predicted molar refractivity (Wildman–Crippen MR) is 75.1 cm³/mol. The van der Waals surface area contributed by atoms with Gasteiger partial charge in [-0.2, -0.15) is 13.2 Å². The molecule has 1 aliphatic rings. The highest BCUT2D eigenvalue weighted by atomic mass is 35.5. The third kappa shape index (κ3) is 2.05. The summed E-state index contributed by atoms with van der Waals surface area (Å²) in [5, 5.41) is 3.00. The van der Waals surface area contributed by atoms with Crippen LogP contribution in [0.1, 0.15) is 5.56 Å². The second-order valence-electron chi connectivity index (χ2n) is 4.41. The van der Waals surface area contributed by atoms with Crippen molar-refractivity contribution in [3.63, 3.8) is 0 Å². The van der Waals surface area contributed by atoms with Gasteiger partial charge >= 0.3 is 6.18 Å². The van der Waals surface area contributed by atoms with Crippen LogP contribution in [-0.4, -0.2) is 6.18 Å². The van der Waals surface area contributed by atoms with E-state index in [0.29, 0.717) is 15.6 Å². The van der Waals surface area contributed by atoms with Crippen molar-refractivity contribution in [2.75, 3.05) is 5.32 Å². The summed E-state index contributed by atoms with van der Waals surface area (Å²) >= 11 is 6.60. The lowest BCUT2D eigenvalue weighted by molar-refractivity contribution is -0.154. The van der Waals surface area contributed by atoms with Gasteiger partial charge in [0.1, 0.15) is 0 Å². The van der Waals surface area contributed by atoms with Gasteiger partial charge in [-0.25, -0.2) is 0 Å². The third-order valence-electron chi connectivity index (χ3n) is 3.09. The molecule has 0 spiro atoms. The fraction of sp³-hybridized carbons (Fsp3) is 0.143. The van der Waals surface area contributed by atoms with Gasteiger partial charge < -0.3 is 5.32 Å². The van der Waals surface area contributed by atoms with Crippen molar-refractivity contribution >= 4 is 29.1 Å². The smallest absolute Gasteiger partial charge is 0.358 e. The zero-order chi connectivity index (χ0) is 14.4. The van der Waals surface area contributed by atoms with Gasteiger partial charge in [0.2, 0.25) is 4.87 Å². The highest BCUT2D eigenvalue weighted by Gasteiger charge is 2.60. The van der Waals surface area contributed by atoms with E-state index in [1.807, 2.05) is 0 Å². The Balaban J connectivity index is 2.13. The van der Waals surface area contributed by atoms with E-state index in [2.05, 4.69) is 5.32 Å². The molecule has 0 unspecified atom stereocenters. The van der Waals surface area contributed by atoms with Crippen molar-refractivity contribution in [1.29, 1.82) is 0 Å². The molecule has 1 atom stereocenters. The van der Waals surface area contributed by atoms with Gasteiger partial charge in [0, 0.05) is 9.92 Å². The molecule has 2 aromatic rings. The molecule has 0 amide bonds. The van der Waals surface area contributed by atoms with Gasteiger partial charge in [-0.15, -0.1) is 0 Å². The van der Waals surface area contributed by atoms with Crippen molar-refractivity contribution in [2.45, 2.75) is 15.9 Å². The normalized spacial score (nSPS) is 21.4. The number of hydrogen-bond acceptors (Lipinski definition) is 2. The van der Waals surface area contributed by atoms with Crippen molar-refractivity contribution in [3.05, 3.63) is 59.1 Å². The van der Waals surface area contributed by atoms with E-state index in [9.17, 15) is 13.2 Å². The quantitative estimate of drug-likeness (QED) is 0.769. The highest BCUT2D eigenvalue weighted by molar-refractivity contribution is 8.01. The summed E-state index contributed by atoms with van der Waals surface area (Å²) in [6.45, 7) is 0. The van der Waals surface area contributed by atoms with Crippen LogP contribution in [0.15, 0.2) is 53.4 Å². The number of alkyl halides is 3. The lowest BCUT2D eigenvalue weighted by atomic mass is 10.1. The molecule has 104 valence electrons. The molecule has 20 heavy (non-hydrogen) atoms. The summed E-state index contributed by atoms with van der Waals surface area (Å²) in [7, 11) is 0. The second kappa shape index (κ2) is 4.60. The molecule has 1 nitrogen and oxygen atoms in total. The molecule has 2 aromatic carbocycles. The Hall–Kier alpha value is -1.33. The first-order valence-corrected chi connectivity index (χ1v) is 7.01. The molecular weight excluding hydrogens is 307 g/mol. The van der Waals surface area contributed by atoms with Gasteiger partial charge in [0.05, 0.1) is 5.69 Å². The van der Waals surface area contributed by atoms with E-state index in [1.165, 1.54) is 18.2 Å². The number of thioether (sulfide) groups is 1. The topological polar surface area (TPSA) is 12.0 Å². The van der Waals surface area contributed by atoms with Crippen LogP contribution >= 0.6 is 23.4 Å². The Morgan fingerprint density at radius 3 is 2.40 bits per heavy atom. The van der Waals surface area contributed by atoms with E-state index in [1.54, 1.807) is 30.3 Å². The zero-order valence-electron chi connectivity index (χ0n) is 10.0. The number of anilines is 1. The second-order valence-corrected chi connectivity index (χ2v) is 6.11. The van der Waals surface area contributed by atoms with Gasteiger partial charge in [-0.3, -0.25) is 0 Å².